The summed E-state index contributed by atoms with van der Waals surface area (Å²) in [6.07, 6.45) is 3.44. The number of aryl methyl sites for hydroxylation is 3. The molecule has 0 aromatic heterocycles. The van der Waals surface area contributed by atoms with Crippen LogP contribution in [0.4, 0.5) is 34.1 Å². The van der Waals surface area contributed by atoms with Crippen molar-refractivity contribution in [3.8, 4) is 11.1 Å². The summed E-state index contributed by atoms with van der Waals surface area (Å²) in [6, 6.07) is 52.1. The Hall–Kier alpha value is -5.86. The highest BCUT2D eigenvalue weighted by Gasteiger charge is 2.43. The molecule has 2 nitrogen and oxygen atoms in total. The molecule has 7 aromatic rings. The van der Waals surface area contributed by atoms with Gasteiger partial charge in [-0.1, -0.05) is 202 Å². The summed E-state index contributed by atoms with van der Waals surface area (Å²) < 4.78 is 0. The van der Waals surface area contributed by atoms with Gasteiger partial charge in [0.15, 0.2) is 0 Å². The fourth-order valence-corrected chi connectivity index (χ4v) is 13.0. The third-order valence-corrected chi connectivity index (χ3v) is 17.9. The van der Waals surface area contributed by atoms with Crippen molar-refractivity contribution in [3.63, 3.8) is 0 Å². The topological polar surface area (TPSA) is 6.48 Å². The Morgan fingerprint density at radius 1 is 0.351 bits per heavy atom. The summed E-state index contributed by atoms with van der Waals surface area (Å²) in [6.45, 7) is 48.0. The molecule has 0 N–H and O–H groups in total. The highest BCUT2D eigenvalue weighted by Crippen LogP contribution is 2.56. The fraction of sp³-hybridized carbons (Fsp3) is 0.417. The van der Waals surface area contributed by atoms with Crippen molar-refractivity contribution in [1.82, 2.24) is 0 Å². The van der Waals surface area contributed by atoms with Crippen LogP contribution in [0.3, 0.4) is 0 Å². The average Bonchev–Trinajstić information content (AvgIpc) is 3.50. The molecule has 2 heteroatoms. The summed E-state index contributed by atoms with van der Waals surface area (Å²) in [5, 5.41) is 0. The molecule has 7 aromatic carbocycles. The number of anilines is 6. The molecule has 2 aliphatic carbocycles. The second kappa shape index (κ2) is 18.2. The molecule has 0 radical (unpaired) electrons. The van der Waals surface area contributed by atoms with Crippen molar-refractivity contribution in [2.45, 2.75) is 196 Å². The quantitative estimate of drug-likeness (QED) is 0.142. The van der Waals surface area contributed by atoms with Gasteiger partial charge in [0, 0.05) is 28.0 Å². The van der Waals surface area contributed by atoms with E-state index >= 15 is 0 Å². The van der Waals surface area contributed by atoms with E-state index in [9.17, 15) is 0 Å². The van der Waals surface area contributed by atoms with Gasteiger partial charge in [-0.3, -0.25) is 0 Å². The van der Waals surface area contributed by atoms with Crippen LogP contribution in [-0.4, -0.2) is 0 Å². The predicted octanol–water partition coefficient (Wildman–Crippen LogP) is 20.8. The van der Waals surface area contributed by atoms with Crippen LogP contribution in [0, 0.1) is 27.7 Å². The van der Waals surface area contributed by atoms with Crippen LogP contribution >= 0.6 is 0 Å². The number of nitrogens with zero attached hydrogens (tertiary/aromatic N) is 2. The Bertz CT molecular complexity index is 3270. The van der Waals surface area contributed by atoms with Crippen LogP contribution in [0.2, 0.25) is 0 Å². The molecule has 2 aliphatic rings. The van der Waals surface area contributed by atoms with Gasteiger partial charge in [-0.25, -0.2) is 0 Å². The predicted molar refractivity (Wildman–Crippen MR) is 322 cm³/mol. The second-order valence-electron chi connectivity index (χ2n) is 28.0. The van der Waals surface area contributed by atoms with Crippen LogP contribution in [-0.2, 0) is 37.9 Å². The molecule has 9 rings (SSSR count). The van der Waals surface area contributed by atoms with E-state index in [1.807, 2.05) is 0 Å². The first-order valence-electron chi connectivity index (χ1n) is 27.8. The van der Waals surface area contributed by atoms with Gasteiger partial charge < -0.3 is 9.80 Å². The lowest BCUT2D eigenvalue weighted by atomic mass is 9.63. The lowest BCUT2D eigenvalue weighted by Gasteiger charge is -2.43. The lowest BCUT2D eigenvalue weighted by molar-refractivity contribution is 0.332. The van der Waals surface area contributed by atoms with E-state index in [1.165, 1.54) is 118 Å². The van der Waals surface area contributed by atoms with Crippen molar-refractivity contribution in [2.24, 2.45) is 0 Å². The highest BCUT2D eigenvalue weighted by molar-refractivity contribution is 5.94. The maximum absolute atomic E-state index is 2.68. The average molecular weight is 982 g/mol. The Kier molecular flexibility index (Phi) is 13.0. The molecular weight excluding hydrogens is 893 g/mol. The molecule has 0 aliphatic heterocycles. The molecule has 0 unspecified atom stereocenters. The van der Waals surface area contributed by atoms with Gasteiger partial charge in [0.2, 0.25) is 0 Å². The number of benzene rings is 7. The molecule has 0 bridgehead atoms. The van der Waals surface area contributed by atoms with E-state index in [1.54, 1.807) is 0 Å². The number of rotatable bonds is 9. The third kappa shape index (κ3) is 9.36. The Morgan fingerprint density at radius 3 is 1.28 bits per heavy atom. The first kappa shape index (κ1) is 53.0. The van der Waals surface area contributed by atoms with Crippen LogP contribution in [0.25, 0.3) is 11.1 Å². The summed E-state index contributed by atoms with van der Waals surface area (Å²) in [7, 11) is 0. The summed E-state index contributed by atoms with van der Waals surface area (Å²) in [5.74, 6) is 0. The van der Waals surface area contributed by atoms with Crippen molar-refractivity contribution < 1.29 is 0 Å². The maximum Gasteiger partial charge on any atom is 0.0540 e. The largest absolute Gasteiger partial charge is 0.310 e. The zero-order chi connectivity index (χ0) is 53.9. The van der Waals surface area contributed by atoms with Gasteiger partial charge in [-0.15, -0.1) is 0 Å². The number of hydrogen-bond donors (Lipinski definition) is 0. The van der Waals surface area contributed by atoms with Gasteiger partial charge in [0.1, 0.15) is 0 Å². The van der Waals surface area contributed by atoms with E-state index in [0.717, 1.165) is 12.8 Å². The normalized spacial score (nSPS) is 16.6. The minimum absolute atomic E-state index is 0.0119. The number of fused-ring (bicyclic) bond motifs is 2. The monoisotopic (exact) mass is 981 g/mol. The minimum Gasteiger partial charge on any atom is -0.310 e. The van der Waals surface area contributed by atoms with Crippen LogP contribution in [0.5, 0.6) is 0 Å². The zero-order valence-electron chi connectivity index (χ0n) is 49.2. The van der Waals surface area contributed by atoms with Gasteiger partial charge in [0.25, 0.3) is 0 Å². The molecule has 0 amide bonds. The minimum atomic E-state index is -0.239. The molecule has 0 saturated heterocycles. The first-order chi connectivity index (χ1) is 34.3. The molecule has 0 fully saturated rings. The number of hydrogen-bond acceptors (Lipinski definition) is 2. The SMILES string of the molecule is Cc1ccc(C(C)(C)c2ccccc2)cc1N(c1cc2c(cc1C)C(C)(C)CCC2(C)C)c1cc(C(C)(C)C)cc(N(c2cc3c(cc2C)C(C)(C)CC3(C)C)c2ccc(C(C)(C)C)cc2-c2ccccc2)c1C. The maximum atomic E-state index is 2.68. The van der Waals surface area contributed by atoms with E-state index in [-0.39, 0.29) is 37.9 Å². The van der Waals surface area contributed by atoms with E-state index < -0.39 is 0 Å². The highest BCUT2D eigenvalue weighted by atomic mass is 15.2. The van der Waals surface area contributed by atoms with Gasteiger partial charge in [0.05, 0.1) is 17.1 Å². The van der Waals surface area contributed by atoms with Crippen LogP contribution < -0.4 is 9.80 Å². The van der Waals surface area contributed by atoms with E-state index in [0.29, 0.717) is 0 Å². The Balaban J connectivity index is 1.43. The fourth-order valence-electron chi connectivity index (χ4n) is 13.0. The lowest BCUT2D eigenvalue weighted by Crippen LogP contribution is -2.34. The molecule has 0 saturated carbocycles. The summed E-state index contributed by atoms with van der Waals surface area (Å²) in [5.41, 5.74) is 25.6. The second-order valence-corrected chi connectivity index (χ2v) is 28.0. The first-order valence-corrected chi connectivity index (χ1v) is 27.8. The standard InChI is InChI=1S/C72H88N2/c1-46-31-32-53(72(19,20)51-29-25-22-26-30-51)40-61(46)74(63-43-58-56(37-47(63)2)68(11,12)35-36-69(58,13)14)65-42-54(67(8,9)10)41-64(49(65)4)73(62-44-59-57(38-48(62)3)70(15,16)45-71(59,17)18)60-34-33-52(66(5,6)7)39-55(60)50-27-23-21-24-28-50/h21-34,37-44H,35-36,45H2,1-20H3. The summed E-state index contributed by atoms with van der Waals surface area (Å²) in [4.78, 5) is 5.35. The summed E-state index contributed by atoms with van der Waals surface area (Å²) >= 11 is 0. The zero-order valence-corrected chi connectivity index (χ0v) is 49.2. The van der Waals surface area contributed by atoms with Crippen molar-refractivity contribution >= 4 is 34.1 Å². The van der Waals surface area contributed by atoms with Gasteiger partial charge >= 0.3 is 0 Å². The smallest absolute Gasteiger partial charge is 0.0540 e. The van der Waals surface area contributed by atoms with Gasteiger partial charge in [-0.05, 0) is 194 Å². The van der Waals surface area contributed by atoms with Crippen LogP contribution in [0.1, 0.15) is 197 Å². The van der Waals surface area contributed by atoms with Crippen LogP contribution in [0.15, 0.2) is 133 Å². The molecule has 0 heterocycles. The Morgan fingerprint density at radius 2 is 0.770 bits per heavy atom. The van der Waals surface area contributed by atoms with E-state index in [2.05, 4.69) is 282 Å². The Labute approximate surface area is 448 Å². The molecule has 74 heavy (non-hydrogen) atoms. The molecule has 386 valence electrons. The van der Waals surface area contributed by atoms with Crippen molar-refractivity contribution in [3.05, 3.63) is 200 Å². The van der Waals surface area contributed by atoms with Crippen molar-refractivity contribution in [2.75, 3.05) is 9.80 Å². The molecular formula is C72H88N2. The van der Waals surface area contributed by atoms with Crippen molar-refractivity contribution in [1.29, 1.82) is 0 Å². The van der Waals surface area contributed by atoms with Gasteiger partial charge in [-0.2, -0.15) is 0 Å². The van der Waals surface area contributed by atoms with E-state index in [4.69, 9.17) is 0 Å². The molecule has 0 atom stereocenters. The third-order valence-electron chi connectivity index (χ3n) is 17.9. The molecule has 0 spiro atoms.